The molecule has 2 aromatic carbocycles. The zero-order valence-corrected chi connectivity index (χ0v) is 19.2. The van der Waals surface area contributed by atoms with Crippen molar-refractivity contribution in [3.8, 4) is 5.69 Å². The number of benzene rings is 2. The van der Waals surface area contributed by atoms with Crippen LogP contribution in [0.3, 0.4) is 0 Å². The van der Waals surface area contributed by atoms with Gasteiger partial charge in [-0.15, -0.1) is 0 Å². The molecule has 2 N–H and O–H groups in total. The summed E-state index contributed by atoms with van der Waals surface area (Å²) in [6.07, 6.45) is 3.48. The van der Waals surface area contributed by atoms with Gasteiger partial charge in [0.15, 0.2) is 5.16 Å². The third-order valence-corrected chi connectivity index (χ3v) is 5.85. The van der Waals surface area contributed by atoms with Crippen molar-refractivity contribution in [1.29, 1.82) is 0 Å². The first-order valence-electron chi connectivity index (χ1n) is 10.4. The highest BCUT2D eigenvalue weighted by Crippen LogP contribution is 2.22. The van der Waals surface area contributed by atoms with E-state index in [1.54, 1.807) is 18.3 Å². The molecule has 0 fully saturated rings. The highest BCUT2D eigenvalue weighted by Gasteiger charge is 2.12. The second-order valence-electron chi connectivity index (χ2n) is 7.53. The number of thioether (sulfide) groups is 1. The molecule has 0 saturated heterocycles. The quantitative estimate of drug-likeness (QED) is 0.371. The van der Waals surface area contributed by atoms with E-state index in [0.717, 1.165) is 22.7 Å². The molecule has 4 aromatic rings. The van der Waals surface area contributed by atoms with E-state index < -0.39 is 0 Å². The zero-order valence-electron chi connectivity index (χ0n) is 18.4. The van der Waals surface area contributed by atoms with Gasteiger partial charge >= 0.3 is 0 Å². The Labute approximate surface area is 196 Å². The van der Waals surface area contributed by atoms with Crippen LogP contribution in [0.2, 0.25) is 0 Å². The van der Waals surface area contributed by atoms with Crippen LogP contribution in [0, 0.1) is 13.8 Å². The van der Waals surface area contributed by atoms with E-state index in [0.29, 0.717) is 23.0 Å². The van der Waals surface area contributed by atoms with Crippen molar-refractivity contribution in [2.24, 2.45) is 0 Å². The minimum atomic E-state index is -0.197. The topological polar surface area (TPSA) is 89.2 Å². The number of nitrogens with one attached hydrogen (secondary N) is 2. The zero-order chi connectivity index (χ0) is 23.2. The Morgan fingerprint density at radius 1 is 1.06 bits per heavy atom. The molecular formula is C25H24N4O3S. The molecule has 33 heavy (non-hydrogen) atoms. The van der Waals surface area contributed by atoms with Gasteiger partial charge < -0.3 is 15.1 Å². The number of hydrogen-bond donors (Lipinski definition) is 2. The molecule has 0 aliphatic carbocycles. The van der Waals surface area contributed by atoms with Crippen molar-refractivity contribution in [2.75, 3.05) is 11.1 Å². The smallest absolute Gasteiger partial charge is 0.251 e. The number of hydrogen-bond acceptors (Lipinski definition) is 5. The van der Waals surface area contributed by atoms with Gasteiger partial charge in [0.05, 0.1) is 12.3 Å². The third-order valence-electron chi connectivity index (χ3n) is 4.88. The summed E-state index contributed by atoms with van der Waals surface area (Å²) in [4.78, 5) is 29.3. The minimum absolute atomic E-state index is 0.111. The first kappa shape index (κ1) is 22.4. The Morgan fingerprint density at radius 3 is 2.64 bits per heavy atom. The molecule has 0 aliphatic heterocycles. The minimum Gasteiger partial charge on any atom is -0.465 e. The number of carbonyl (C=O) groups is 2. The molecule has 168 valence electrons. The Morgan fingerprint density at radius 2 is 1.88 bits per heavy atom. The van der Waals surface area contributed by atoms with Gasteiger partial charge in [-0.2, -0.15) is 0 Å². The van der Waals surface area contributed by atoms with Crippen LogP contribution >= 0.6 is 11.8 Å². The van der Waals surface area contributed by atoms with Crippen LogP contribution in [0.4, 0.5) is 5.69 Å². The van der Waals surface area contributed by atoms with Crippen LogP contribution in [0.15, 0.2) is 82.6 Å². The van der Waals surface area contributed by atoms with E-state index in [-0.39, 0.29) is 17.6 Å². The summed E-state index contributed by atoms with van der Waals surface area (Å²) in [7, 11) is 0. The Kier molecular flexibility index (Phi) is 6.95. The maximum atomic E-state index is 12.6. The largest absolute Gasteiger partial charge is 0.465 e. The number of rotatable bonds is 8. The number of anilines is 1. The molecule has 8 heteroatoms. The molecule has 0 saturated carbocycles. The summed E-state index contributed by atoms with van der Waals surface area (Å²) in [5, 5.41) is 6.42. The second kappa shape index (κ2) is 10.2. The van der Waals surface area contributed by atoms with E-state index in [9.17, 15) is 9.59 Å². The van der Waals surface area contributed by atoms with E-state index in [2.05, 4.69) is 15.6 Å². The van der Waals surface area contributed by atoms with Crippen molar-refractivity contribution in [2.45, 2.75) is 25.5 Å². The summed E-state index contributed by atoms with van der Waals surface area (Å²) in [5.74, 6) is 1.42. The fourth-order valence-corrected chi connectivity index (χ4v) is 3.98. The molecule has 0 bridgehead atoms. The first-order chi connectivity index (χ1) is 16.0. The van der Waals surface area contributed by atoms with E-state index in [1.165, 1.54) is 11.8 Å². The number of aryl methyl sites for hydroxylation is 2. The summed E-state index contributed by atoms with van der Waals surface area (Å²) in [6.45, 7) is 4.18. The monoisotopic (exact) mass is 460 g/mol. The molecule has 0 unspecified atom stereocenters. The second-order valence-corrected chi connectivity index (χ2v) is 8.47. The molecule has 0 aliphatic rings. The SMILES string of the molecule is Cc1ccc(NC(=O)CSc2nccn2-c2cccc(C(=O)NCc3ccc(C)o3)c2)cc1. The molecule has 2 aromatic heterocycles. The highest BCUT2D eigenvalue weighted by molar-refractivity contribution is 7.99. The molecular weight excluding hydrogens is 436 g/mol. The van der Waals surface area contributed by atoms with E-state index in [1.807, 2.05) is 73.1 Å². The summed E-state index contributed by atoms with van der Waals surface area (Å²) >= 11 is 1.33. The normalized spacial score (nSPS) is 10.7. The molecule has 0 atom stereocenters. The van der Waals surface area contributed by atoms with Crippen LogP contribution in [0.5, 0.6) is 0 Å². The average molecular weight is 461 g/mol. The molecule has 2 heterocycles. The van der Waals surface area contributed by atoms with Crippen LogP contribution in [-0.2, 0) is 11.3 Å². The Hall–Kier alpha value is -3.78. The lowest BCUT2D eigenvalue weighted by molar-refractivity contribution is -0.113. The van der Waals surface area contributed by atoms with Gasteiger partial charge in [-0.3, -0.25) is 14.2 Å². The van der Waals surface area contributed by atoms with E-state index >= 15 is 0 Å². The Balaban J connectivity index is 1.38. The van der Waals surface area contributed by atoms with Gasteiger partial charge in [-0.05, 0) is 56.3 Å². The Bertz CT molecular complexity index is 1260. The standard InChI is InChI=1S/C25H24N4O3S/c1-17-6-9-20(10-7-17)28-23(30)16-33-25-26-12-13-29(25)21-5-3-4-19(14-21)24(31)27-15-22-11-8-18(2)32-22/h3-14H,15-16H2,1-2H3,(H,27,31)(H,28,30). The van der Waals surface area contributed by atoms with Crippen molar-refractivity contribution in [1.82, 2.24) is 14.9 Å². The average Bonchev–Trinajstić information content (AvgIpc) is 3.46. The predicted octanol–water partition coefficient (Wildman–Crippen LogP) is 4.74. The van der Waals surface area contributed by atoms with Crippen LogP contribution < -0.4 is 10.6 Å². The number of imidazole rings is 1. The van der Waals surface area contributed by atoms with Crippen molar-refractivity contribution in [3.05, 3.63) is 95.7 Å². The third kappa shape index (κ3) is 5.93. The van der Waals surface area contributed by atoms with Crippen LogP contribution in [0.25, 0.3) is 5.69 Å². The molecule has 2 amide bonds. The van der Waals surface area contributed by atoms with Gasteiger partial charge in [0.2, 0.25) is 5.91 Å². The van der Waals surface area contributed by atoms with Gasteiger partial charge in [0, 0.05) is 29.3 Å². The number of amides is 2. The number of aromatic nitrogens is 2. The lowest BCUT2D eigenvalue weighted by Gasteiger charge is -2.10. The molecule has 7 nitrogen and oxygen atoms in total. The van der Waals surface area contributed by atoms with Gasteiger partial charge in [-0.1, -0.05) is 35.5 Å². The number of carbonyl (C=O) groups excluding carboxylic acids is 2. The lowest BCUT2D eigenvalue weighted by atomic mass is 10.2. The maximum Gasteiger partial charge on any atom is 0.251 e. The maximum absolute atomic E-state index is 12.6. The van der Waals surface area contributed by atoms with Gasteiger partial charge in [0.1, 0.15) is 11.5 Å². The molecule has 4 rings (SSSR count). The number of nitrogens with zero attached hydrogens (tertiary/aromatic N) is 2. The fourth-order valence-electron chi connectivity index (χ4n) is 3.20. The van der Waals surface area contributed by atoms with E-state index in [4.69, 9.17) is 4.42 Å². The first-order valence-corrected chi connectivity index (χ1v) is 11.4. The molecule has 0 radical (unpaired) electrons. The van der Waals surface area contributed by atoms with Gasteiger partial charge in [0.25, 0.3) is 5.91 Å². The van der Waals surface area contributed by atoms with Crippen molar-refractivity contribution < 1.29 is 14.0 Å². The lowest BCUT2D eigenvalue weighted by Crippen LogP contribution is -2.22. The summed E-state index contributed by atoms with van der Waals surface area (Å²) in [5.41, 5.74) is 3.21. The van der Waals surface area contributed by atoms with Crippen molar-refractivity contribution >= 4 is 29.3 Å². The predicted molar refractivity (Wildman–Crippen MR) is 129 cm³/mol. The van der Waals surface area contributed by atoms with Gasteiger partial charge in [-0.25, -0.2) is 4.98 Å². The summed E-state index contributed by atoms with van der Waals surface area (Å²) in [6, 6.07) is 18.6. The van der Waals surface area contributed by atoms with Crippen LogP contribution in [0.1, 0.15) is 27.4 Å². The summed E-state index contributed by atoms with van der Waals surface area (Å²) < 4.78 is 7.35. The van der Waals surface area contributed by atoms with Crippen LogP contribution in [-0.4, -0.2) is 27.1 Å². The molecule has 0 spiro atoms. The fraction of sp³-hybridized carbons (Fsp3) is 0.160. The van der Waals surface area contributed by atoms with Crippen molar-refractivity contribution in [3.63, 3.8) is 0 Å². The highest BCUT2D eigenvalue weighted by atomic mass is 32.2. The number of furan rings is 1.